The van der Waals surface area contributed by atoms with Crippen LogP contribution < -0.4 is 10.7 Å². The molecule has 2 aromatic rings. The molecule has 0 spiro atoms. The van der Waals surface area contributed by atoms with Gasteiger partial charge in [0.2, 0.25) is 17.7 Å². The van der Waals surface area contributed by atoms with Crippen molar-refractivity contribution in [2.75, 3.05) is 5.73 Å². The molecule has 0 aromatic carbocycles. The predicted molar refractivity (Wildman–Crippen MR) is 50.2 cm³/mol. The minimum atomic E-state index is -2.21. The second kappa shape index (κ2) is 5.60. The molecule has 2 aromatic heterocycles. The molecule has 0 atom stereocenters. The Bertz CT molecular complexity index is 402. The normalized spacial score (nSPS) is 9.36. The zero-order chi connectivity index (χ0) is 10.6. The molecule has 0 saturated heterocycles. The number of halogens is 3. The van der Waals surface area contributed by atoms with E-state index in [-0.39, 0.29) is 0 Å². The molecule has 0 aliphatic heterocycles. The Kier molecular flexibility index (Phi) is 4.74. The summed E-state index contributed by atoms with van der Waals surface area (Å²) in [5, 5.41) is 9.96. The average molecular weight is 309 g/mol. The quantitative estimate of drug-likeness (QED) is 0.704. The number of hydrogen-bond donors (Lipinski definition) is 2. The van der Waals surface area contributed by atoms with E-state index in [1.807, 2.05) is 0 Å². The van der Waals surface area contributed by atoms with Crippen molar-refractivity contribution >= 4 is 46.1 Å². The second-order valence-electron chi connectivity index (χ2n) is 2.11. The summed E-state index contributed by atoms with van der Waals surface area (Å²) in [6.45, 7) is 0. The Morgan fingerprint density at radius 1 is 1.36 bits per heavy atom. The molecule has 74 valence electrons. The van der Waals surface area contributed by atoms with Crippen molar-refractivity contribution < 1.29 is 18.0 Å². The van der Waals surface area contributed by atoms with Gasteiger partial charge in [-0.3, -0.25) is 0 Å². The molecule has 0 saturated carbocycles. The van der Waals surface area contributed by atoms with Gasteiger partial charge in [0.25, 0.3) is 0 Å². The van der Waals surface area contributed by atoms with Crippen LogP contribution in [0, 0.1) is 0 Å². The molecule has 0 radical (unpaired) electrons. The molecule has 4 N–H and O–H groups in total. The molecule has 2 heterocycles. The van der Waals surface area contributed by atoms with Crippen LogP contribution in [0.25, 0.3) is 11.2 Å². The zero-order valence-corrected chi connectivity index (χ0v) is 12.1. The fourth-order valence-corrected chi connectivity index (χ4v) is 0.734. The van der Waals surface area contributed by atoms with E-state index in [1.54, 1.807) is 0 Å². The maximum atomic E-state index is 5.45. The Balaban J connectivity index is 0.000000213. The summed E-state index contributed by atoms with van der Waals surface area (Å²) in [6, 6.07) is 0. The third-order valence-electron chi connectivity index (χ3n) is 1.20. The van der Waals surface area contributed by atoms with Crippen LogP contribution in [0.2, 0.25) is 0 Å². The van der Waals surface area contributed by atoms with Gasteiger partial charge in [-0.1, -0.05) is 4.98 Å². The van der Waals surface area contributed by atoms with Crippen molar-refractivity contribution in [3.63, 3.8) is 0 Å². The first-order chi connectivity index (χ1) is 6.61. The van der Waals surface area contributed by atoms with Gasteiger partial charge in [0.05, 0.1) is 0 Å². The number of anilines is 1. The summed E-state index contributed by atoms with van der Waals surface area (Å²) in [4.78, 5) is 6.55. The first-order valence-electron chi connectivity index (χ1n) is 3.51. The molecule has 14 heavy (non-hydrogen) atoms. The molecule has 0 amide bonds. The predicted octanol–water partition coefficient (Wildman–Crippen LogP) is 0.815. The summed E-state index contributed by atoms with van der Waals surface area (Å²) in [6.07, 6.45) is 1.47. The molecule has 6 nitrogen and oxygen atoms in total. The van der Waals surface area contributed by atoms with Gasteiger partial charge < -0.3 is 5.73 Å². The van der Waals surface area contributed by atoms with E-state index in [9.17, 15) is 0 Å². The third kappa shape index (κ3) is 3.49. The van der Waals surface area contributed by atoms with Crippen LogP contribution >= 0.6 is 29.1 Å². The van der Waals surface area contributed by atoms with Gasteiger partial charge in [-0.05, 0) is 0 Å². The number of fused-ring (bicyclic) bond motifs is 1. The molecule has 0 bridgehead atoms. The van der Waals surface area contributed by atoms with Crippen molar-refractivity contribution in [3.05, 3.63) is 6.33 Å². The number of rotatable bonds is 0. The standard InChI is InChI=1S/C4H4N6.3ClH.Zn/c5-3-2-4(7-1-6-3)9-10-8-2;;;;/h1H,(H3,5,6,7,8,9,10);3*1H;/q;;;;+2/p-2. The number of hydrogen-bond acceptors (Lipinski definition) is 4. The Hall–Kier alpha value is -0.227. The van der Waals surface area contributed by atoms with Crippen molar-refractivity contribution in [3.8, 4) is 0 Å². The van der Waals surface area contributed by atoms with Crippen LogP contribution in [0.1, 0.15) is 0 Å². The monoisotopic (exact) mass is 306 g/mol. The number of H-pyrrole nitrogens is 2. The van der Waals surface area contributed by atoms with Crippen LogP contribution in [0.15, 0.2) is 6.33 Å². The van der Waals surface area contributed by atoms with Gasteiger partial charge in [-0.25, -0.2) is 4.98 Å². The maximum absolute atomic E-state index is 5.45. The Morgan fingerprint density at radius 2 is 2.00 bits per heavy atom. The Morgan fingerprint density at radius 3 is 2.57 bits per heavy atom. The number of nitrogen functional groups attached to an aromatic ring is 1. The van der Waals surface area contributed by atoms with E-state index >= 15 is 0 Å². The van der Waals surface area contributed by atoms with Crippen LogP contribution in [0.3, 0.4) is 0 Å². The summed E-state index contributed by atoms with van der Waals surface area (Å²) in [5.41, 5.74) is 6.64. The molecule has 2 rings (SSSR count). The number of aromatic nitrogens is 5. The van der Waals surface area contributed by atoms with Crippen molar-refractivity contribution in [1.29, 1.82) is 0 Å². The van der Waals surface area contributed by atoms with E-state index < -0.39 is 13.0 Å². The van der Waals surface area contributed by atoms with E-state index in [0.29, 0.717) is 17.0 Å². The molecule has 0 aliphatic rings. The van der Waals surface area contributed by atoms with Crippen LogP contribution in [-0.4, -0.2) is 20.4 Å². The van der Waals surface area contributed by atoms with Crippen molar-refractivity contribution in [2.24, 2.45) is 0 Å². The van der Waals surface area contributed by atoms with E-state index in [2.05, 4.69) is 25.4 Å². The summed E-state index contributed by atoms with van der Waals surface area (Å²) in [5.74, 6) is 0.377. The van der Waals surface area contributed by atoms with E-state index in [0.717, 1.165) is 0 Å². The fourth-order valence-electron chi connectivity index (χ4n) is 0.734. The van der Waals surface area contributed by atoms with Crippen molar-refractivity contribution in [1.82, 2.24) is 20.4 Å². The van der Waals surface area contributed by atoms with Crippen LogP contribution in [0.5, 0.6) is 0 Å². The van der Waals surface area contributed by atoms with Gasteiger partial charge in [0, 0.05) is 5.10 Å². The number of nitrogens with zero attached hydrogens (tertiary/aromatic N) is 3. The molecule has 0 unspecified atom stereocenters. The molecule has 0 fully saturated rings. The molecular weight excluding hydrogens is 304 g/mol. The third-order valence-corrected chi connectivity index (χ3v) is 1.20. The zero-order valence-electron chi connectivity index (χ0n) is 6.84. The van der Waals surface area contributed by atoms with Gasteiger partial charge in [-0.15, -0.1) is 10.3 Å². The molecule has 10 heteroatoms. The van der Waals surface area contributed by atoms with E-state index in [4.69, 9.17) is 34.8 Å². The van der Waals surface area contributed by atoms with E-state index in [1.165, 1.54) is 6.33 Å². The Labute approximate surface area is 96.2 Å². The van der Waals surface area contributed by atoms with Gasteiger partial charge >= 0.3 is 47.7 Å². The SMILES string of the molecule is Nc1nc[nH+]c2n[nH]nc12.[Cl][Zn-]([Cl])[Cl]. The minimum absolute atomic E-state index is 0.377. The van der Waals surface area contributed by atoms with Gasteiger partial charge in [-0.2, -0.15) is 0 Å². The number of aromatic amines is 2. The first-order valence-corrected chi connectivity index (χ1v) is 15.2. The fraction of sp³-hybridized carbons (Fsp3) is 0. The van der Waals surface area contributed by atoms with Crippen molar-refractivity contribution in [2.45, 2.75) is 0 Å². The van der Waals surface area contributed by atoms with Crippen LogP contribution in [-0.2, 0) is 13.0 Å². The van der Waals surface area contributed by atoms with Gasteiger partial charge in [0.15, 0.2) is 0 Å². The second-order valence-corrected chi connectivity index (χ2v) is 16.0. The van der Waals surface area contributed by atoms with Crippen LogP contribution in [0.4, 0.5) is 5.82 Å². The average Bonchev–Trinajstić information content (AvgIpc) is 2.52. The number of nitrogens with two attached hydrogens (primary N) is 1. The topological polar surface area (TPSA) is 94.6 Å². The summed E-state index contributed by atoms with van der Waals surface area (Å²) >= 11 is -2.21. The molecular formula is C4H5Cl3N6Zn. The van der Waals surface area contributed by atoms with Gasteiger partial charge in [0.1, 0.15) is 0 Å². The number of nitrogens with one attached hydrogen (secondary N) is 2. The summed E-state index contributed by atoms with van der Waals surface area (Å²) in [7, 11) is 15.0. The first kappa shape index (κ1) is 11.8. The molecule has 0 aliphatic carbocycles. The summed E-state index contributed by atoms with van der Waals surface area (Å²) < 4.78 is 0.